The van der Waals surface area contributed by atoms with Gasteiger partial charge in [-0.15, -0.1) is 0 Å². The summed E-state index contributed by atoms with van der Waals surface area (Å²) in [7, 11) is 0. The number of aromatic nitrogens is 3. The molecule has 1 aliphatic heterocycles. The van der Waals surface area contributed by atoms with E-state index in [1.807, 2.05) is 60.8 Å². The van der Waals surface area contributed by atoms with Gasteiger partial charge in [0.15, 0.2) is 17.5 Å². The predicted molar refractivity (Wildman–Crippen MR) is 173 cm³/mol. The van der Waals surface area contributed by atoms with Crippen molar-refractivity contribution >= 4 is 49.4 Å². The minimum absolute atomic E-state index is 0.287. The van der Waals surface area contributed by atoms with Crippen LogP contribution in [0.3, 0.4) is 0 Å². The van der Waals surface area contributed by atoms with E-state index in [1.165, 1.54) is 26.9 Å². The molecule has 0 fully saturated rings. The van der Waals surface area contributed by atoms with Crippen LogP contribution in [0.2, 0.25) is 0 Å². The predicted octanol–water partition coefficient (Wildman–Crippen LogP) is 9.07. The van der Waals surface area contributed by atoms with Crippen molar-refractivity contribution in [1.29, 1.82) is 0 Å². The van der Waals surface area contributed by atoms with Gasteiger partial charge in [0.25, 0.3) is 0 Å². The Morgan fingerprint density at radius 1 is 0.535 bits per heavy atom. The number of hydrogen-bond donors (Lipinski definition) is 1. The van der Waals surface area contributed by atoms with Gasteiger partial charge in [-0.05, 0) is 50.5 Å². The Kier molecular flexibility index (Phi) is 5.19. The average molecular weight is 553 g/mol. The normalized spacial score (nSPS) is 14.4. The van der Waals surface area contributed by atoms with Crippen LogP contribution in [-0.4, -0.2) is 15.0 Å². The molecule has 1 atom stereocenters. The van der Waals surface area contributed by atoms with Crippen molar-refractivity contribution in [3.63, 3.8) is 0 Å². The molecule has 0 saturated carbocycles. The van der Waals surface area contributed by atoms with Crippen LogP contribution in [0.25, 0.3) is 72.1 Å². The number of nitrogens with zero attached hydrogens (tertiary/aromatic N) is 3. The van der Waals surface area contributed by atoms with Gasteiger partial charge in [-0.1, -0.05) is 109 Å². The molecular formula is C38H24N4O. The summed E-state index contributed by atoms with van der Waals surface area (Å²) in [6.45, 7) is 0. The molecule has 0 aliphatic carbocycles. The van der Waals surface area contributed by atoms with Crippen molar-refractivity contribution in [1.82, 2.24) is 20.3 Å². The monoisotopic (exact) mass is 552 g/mol. The molecule has 0 radical (unpaired) electrons. The molecule has 5 heteroatoms. The van der Waals surface area contributed by atoms with Crippen molar-refractivity contribution in [2.24, 2.45) is 0 Å². The number of fused-ring (bicyclic) bond motifs is 8. The summed E-state index contributed by atoms with van der Waals surface area (Å²) in [5.74, 6) is 2.73. The van der Waals surface area contributed by atoms with Crippen molar-refractivity contribution in [2.75, 3.05) is 0 Å². The highest BCUT2D eigenvalue weighted by atomic mass is 16.3. The van der Waals surface area contributed by atoms with Crippen molar-refractivity contribution in [3.05, 3.63) is 145 Å². The second-order valence-electron chi connectivity index (χ2n) is 10.9. The molecule has 0 amide bonds. The quantitative estimate of drug-likeness (QED) is 0.222. The van der Waals surface area contributed by atoms with E-state index in [4.69, 9.17) is 19.4 Å². The first-order valence-corrected chi connectivity index (χ1v) is 14.4. The lowest BCUT2D eigenvalue weighted by Gasteiger charge is -2.20. The van der Waals surface area contributed by atoms with E-state index >= 15 is 0 Å². The molecule has 1 unspecified atom stereocenters. The van der Waals surface area contributed by atoms with Gasteiger partial charge >= 0.3 is 0 Å². The first-order valence-electron chi connectivity index (χ1n) is 14.4. The average Bonchev–Trinajstić information content (AvgIpc) is 3.47. The van der Waals surface area contributed by atoms with Gasteiger partial charge in [-0.3, -0.25) is 0 Å². The van der Waals surface area contributed by atoms with Crippen LogP contribution in [-0.2, 0) is 0 Å². The fourth-order valence-electron chi connectivity index (χ4n) is 6.35. The molecule has 0 spiro atoms. The third-order valence-corrected chi connectivity index (χ3v) is 8.39. The van der Waals surface area contributed by atoms with Gasteiger partial charge < -0.3 is 9.73 Å². The largest absolute Gasteiger partial charge is 0.456 e. The zero-order valence-electron chi connectivity index (χ0n) is 23.0. The van der Waals surface area contributed by atoms with Crippen LogP contribution in [0.5, 0.6) is 0 Å². The molecule has 3 heterocycles. The molecule has 1 aliphatic rings. The molecule has 1 N–H and O–H groups in total. The number of para-hydroxylation sites is 1. The number of furan rings is 1. The highest BCUT2D eigenvalue weighted by Gasteiger charge is 2.28. The van der Waals surface area contributed by atoms with Crippen LogP contribution in [0.15, 0.2) is 132 Å². The number of hydrogen-bond acceptors (Lipinski definition) is 5. The molecule has 43 heavy (non-hydrogen) atoms. The second kappa shape index (κ2) is 9.36. The van der Waals surface area contributed by atoms with Gasteiger partial charge in [0.05, 0.1) is 0 Å². The minimum Gasteiger partial charge on any atom is -0.456 e. The summed E-state index contributed by atoms with van der Waals surface area (Å²) < 4.78 is 6.18. The van der Waals surface area contributed by atoms with Gasteiger partial charge in [-0.2, -0.15) is 0 Å². The zero-order valence-corrected chi connectivity index (χ0v) is 23.0. The van der Waals surface area contributed by atoms with E-state index in [1.54, 1.807) is 0 Å². The lowest BCUT2D eigenvalue weighted by molar-refractivity contribution is 0.574. The van der Waals surface area contributed by atoms with Crippen LogP contribution in [0.4, 0.5) is 0 Å². The molecule has 8 aromatic rings. The Morgan fingerprint density at radius 3 is 2.07 bits per heavy atom. The SMILES string of the molecule is C1=Cc2oc3ccccc3c2C(c2nc(-c3ccccc3)nc(-c3ccc4c(ccc5c6ccccc6ccc45)c3)n2)N1. The Labute approximate surface area is 247 Å². The molecule has 202 valence electrons. The Bertz CT molecular complexity index is 2390. The smallest absolute Gasteiger partial charge is 0.163 e. The van der Waals surface area contributed by atoms with Crippen molar-refractivity contribution in [2.45, 2.75) is 6.04 Å². The van der Waals surface area contributed by atoms with Crippen LogP contribution in [0, 0.1) is 0 Å². The van der Waals surface area contributed by atoms with Crippen LogP contribution >= 0.6 is 0 Å². The molecular weight excluding hydrogens is 528 g/mol. The van der Waals surface area contributed by atoms with Gasteiger partial charge in [0.2, 0.25) is 0 Å². The van der Waals surface area contributed by atoms with E-state index in [0.717, 1.165) is 38.8 Å². The number of rotatable bonds is 3. The van der Waals surface area contributed by atoms with E-state index in [2.05, 4.69) is 78.1 Å². The molecule has 0 bridgehead atoms. The maximum Gasteiger partial charge on any atom is 0.163 e. The highest BCUT2D eigenvalue weighted by molar-refractivity contribution is 6.17. The first-order chi connectivity index (χ1) is 21.3. The lowest BCUT2D eigenvalue weighted by atomic mass is 9.96. The van der Waals surface area contributed by atoms with Gasteiger partial charge in [-0.25, -0.2) is 15.0 Å². The van der Waals surface area contributed by atoms with E-state index < -0.39 is 0 Å². The van der Waals surface area contributed by atoms with Gasteiger partial charge in [0, 0.05) is 28.3 Å². The summed E-state index contributed by atoms with van der Waals surface area (Å²) in [6.07, 6.45) is 3.87. The Morgan fingerprint density at radius 2 is 1.21 bits per heavy atom. The summed E-state index contributed by atoms with van der Waals surface area (Å²) >= 11 is 0. The van der Waals surface area contributed by atoms with Crippen molar-refractivity contribution < 1.29 is 4.42 Å². The summed E-state index contributed by atoms with van der Waals surface area (Å²) in [5.41, 5.74) is 3.76. The molecule has 5 nitrogen and oxygen atoms in total. The first kappa shape index (κ1) is 23.9. The topological polar surface area (TPSA) is 63.8 Å². The number of benzene rings is 6. The maximum atomic E-state index is 6.18. The molecule has 9 rings (SSSR count). The van der Waals surface area contributed by atoms with Crippen LogP contribution < -0.4 is 5.32 Å². The van der Waals surface area contributed by atoms with Gasteiger partial charge in [0.1, 0.15) is 17.4 Å². The Hall–Kier alpha value is -5.81. The molecule has 6 aromatic carbocycles. The summed E-state index contributed by atoms with van der Waals surface area (Å²) in [6, 6.07) is 41.8. The zero-order chi connectivity index (χ0) is 28.3. The van der Waals surface area contributed by atoms with Crippen molar-refractivity contribution in [3.8, 4) is 22.8 Å². The Balaban J connectivity index is 1.23. The molecule has 0 saturated heterocycles. The maximum absolute atomic E-state index is 6.18. The van der Waals surface area contributed by atoms with E-state index in [0.29, 0.717) is 17.5 Å². The minimum atomic E-state index is -0.287. The van der Waals surface area contributed by atoms with E-state index in [-0.39, 0.29) is 6.04 Å². The highest BCUT2D eigenvalue weighted by Crippen LogP contribution is 2.38. The third kappa shape index (κ3) is 3.82. The standard InChI is InChI=1S/C38H24N4O/c1-2-9-24(10-3-1)36-40-37(42-38(41-36)35-34-31-12-6-7-13-32(31)43-33(34)20-21-39-35)26-16-17-28-25(22-26)15-19-29-27-11-5-4-8-23(27)14-18-30(28)29/h1-22,35,39H. The number of nitrogens with one attached hydrogen (secondary N) is 1. The fourth-order valence-corrected chi connectivity index (χ4v) is 6.35. The van der Waals surface area contributed by atoms with E-state index in [9.17, 15) is 0 Å². The van der Waals surface area contributed by atoms with Crippen LogP contribution in [0.1, 0.15) is 23.2 Å². The molecule has 2 aromatic heterocycles. The lowest BCUT2D eigenvalue weighted by Crippen LogP contribution is -2.23. The summed E-state index contributed by atoms with van der Waals surface area (Å²) in [4.78, 5) is 15.1. The second-order valence-corrected chi connectivity index (χ2v) is 10.9. The summed E-state index contributed by atoms with van der Waals surface area (Å²) in [5, 5.41) is 11.9. The fraction of sp³-hybridized carbons (Fsp3) is 0.0263. The third-order valence-electron chi connectivity index (χ3n) is 8.39.